The fraction of sp³-hybridized carbons (Fsp3) is 0.429. The van der Waals surface area contributed by atoms with Crippen molar-refractivity contribution in [1.29, 1.82) is 0 Å². The molecule has 2 atom stereocenters. The van der Waals surface area contributed by atoms with E-state index in [4.69, 9.17) is 0 Å². The summed E-state index contributed by atoms with van der Waals surface area (Å²) in [5.41, 5.74) is 4.82. The van der Waals surface area contributed by atoms with Crippen LogP contribution in [0.1, 0.15) is 57.7 Å². The second-order valence-corrected chi connectivity index (χ2v) is 10.7. The Hall–Kier alpha value is -2.88. The Bertz CT molecular complexity index is 1050. The molecule has 32 heavy (non-hydrogen) atoms. The minimum Gasteiger partial charge on any atom is -0.366 e. The van der Waals surface area contributed by atoms with Crippen LogP contribution in [0.15, 0.2) is 54.2 Å². The molecule has 0 aliphatic carbocycles. The molecule has 4 rings (SSSR count). The van der Waals surface area contributed by atoms with Crippen LogP contribution in [0, 0.1) is 18.8 Å². The summed E-state index contributed by atoms with van der Waals surface area (Å²) in [6.07, 6.45) is 1.14. The van der Waals surface area contributed by atoms with Gasteiger partial charge in [0, 0.05) is 13.1 Å². The van der Waals surface area contributed by atoms with Crippen LogP contribution in [0.4, 0.5) is 5.69 Å². The van der Waals surface area contributed by atoms with Crippen molar-refractivity contribution in [3.8, 4) is 0 Å². The van der Waals surface area contributed by atoms with Gasteiger partial charge in [-0.1, -0.05) is 76.6 Å². The van der Waals surface area contributed by atoms with E-state index >= 15 is 0 Å². The lowest BCUT2D eigenvalue weighted by atomic mass is 9.87. The number of piperidine rings is 1. The molecule has 0 bridgehead atoms. The highest BCUT2D eigenvalue weighted by atomic mass is 16.2. The highest BCUT2D eigenvalue weighted by Gasteiger charge is 2.43. The molecule has 1 fully saturated rings. The summed E-state index contributed by atoms with van der Waals surface area (Å²) in [4.78, 5) is 31.0. The van der Waals surface area contributed by atoms with Gasteiger partial charge in [-0.2, -0.15) is 0 Å². The minimum atomic E-state index is -0.233. The summed E-state index contributed by atoms with van der Waals surface area (Å²) < 4.78 is 0. The predicted molar refractivity (Wildman–Crippen MR) is 130 cm³/mol. The molecule has 2 aliphatic rings. The zero-order valence-electron chi connectivity index (χ0n) is 20.1. The van der Waals surface area contributed by atoms with Crippen LogP contribution in [-0.4, -0.2) is 29.8 Å². The van der Waals surface area contributed by atoms with Crippen molar-refractivity contribution in [3.63, 3.8) is 0 Å². The Labute approximate surface area is 191 Å². The normalized spacial score (nSPS) is 22.2. The van der Waals surface area contributed by atoms with E-state index in [-0.39, 0.29) is 17.2 Å². The maximum atomic E-state index is 13.8. The zero-order chi connectivity index (χ0) is 23.2. The van der Waals surface area contributed by atoms with Gasteiger partial charge < -0.3 is 4.90 Å². The fourth-order valence-electron chi connectivity index (χ4n) is 4.98. The molecule has 2 unspecified atom stereocenters. The van der Waals surface area contributed by atoms with Crippen LogP contribution in [0.3, 0.4) is 0 Å². The van der Waals surface area contributed by atoms with E-state index in [0.29, 0.717) is 28.8 Å². The molecule has 0 radical (unpaired) electrons. The smallest absolute Gasteiger partial charge is 0.282 e. The van der Waals surface area contributed by atoms with Gasteiger partial charge in [0.15, 0.2) is 0 Å². The number of aryl methyl sites for hydroxylation is 1. The van der Waals surface area contributed by atoms with Crippen LogP contribution < -0.4 is 4.90 Å². The first-order chi connectivity index (χ1) is 15.1. The Balaban J connectivity index is 1.78. The van der Waals surface area contributed by atoms with Gasteiger partial charge in [0.2, 0.25) is 0 Å². The zero-order valence-corrected chi connectivity index (χ0v) is 20.1. The molecule has 2 heterocycles. The van der Waals surface area contributed by atoms with E-state index in [0.717, 1.165) is 30.6 Å². The number of hydrogen-bond donors (Lipinski definition) is 0. The van der Waals surface area contributed by atoms with E-state index in [9.17, 15) is 9.59 Å². The van der Waals surface area contributed by atoms with Crippen LogP contribution in [-0.2, 0) is 15.0 Å². The highest BCUT2D eigenvalue weighted by molar-refractivity contribution is 6.45. The second-order valence-electron chi connectivity index (χ2n) is 10.7. The maximum absolute atomic E-state index is 13.8. The monoisotopic (exact) mass is 430 g/mol. The average molecular weight is 431 g/mol. The van der Waals surface area contributed by atoms with Gasteiger partial charge in [0.05, 0.1) is 11.3 Å². The van der Waals surface area contributed by atoms with Crippen LogP contribution >= 0.6 is 0 Å². The third kappa shape index (κ3) is 4.11. The summed E-state index contributed by atoms with van der Waals surface area (Å²) in [6.45, 7) is 14.5. The number of carbonyl (C=O) groups excluding carboxylic acids is 2. The number of anilines is 1. The molecule has 0 spiro atoms. The standard InChI is InChI=1S/C28H34N2O2/c1-18-7-9-21(10-8-18)24-25(29-16-19(2)15-20(3)17-29)27(32)30(26(24)31)23-13-11-22(12-14-23)28(4,5)6/h7-14,19-20H,15-17H2,1-6H3. The van der Waals surface area contributed by atoms with E-state index < -0.39 is 0 Å². The Morgan fingerprint density at radius 1 is 0.812 bits per heavy atom. The van der Waals surface area contributed by atoms with Crippen molar-refractivity contribution >= 4 is 23.1 Å². The van der Waals surface area contributed by atoms with Crippen LogP contribution in [0.5, 0.6) is 0 Å². The first-order valence-corrected chi connectivity index (χ1v) is 11.6. The van der Waals surface area contributed by atoms with Crippen LogP contribution in [0.2, 0.25) is 0 Å². The van der Waals surface area contributed by atoms with Gasteiger partial charge in [-0.25, -0.2) is 4.90 Å². The SMILES string of the molecule is Cc1ccc(C2=C(N3CC(C)CC(C)C3)C(=O)N(c3ccc(C(C)(C)C)cc3)C2=O)cc1. The lowest BCUT2D eigenvalue weighted by molar-refractivity contribution is -0.120. The van der Waals surface area contributed by atoms with Gasteiger partial charge in [0.1, 0.15) is 5.70 Å². The average Bonchev–Trinajstić information content (AvgIpc) is 2.97. The van der Waals surface area contributed by atoms with E-state index in [1.165, 1.54) is 10.5 Å². The molecule has 2 aromatic rings. The van der Waals surface area contributed by atoms with Crippen molar-refractivity contribution < 1.29 is 9.59 Å². The number of benzene rings is 2. The third-order valence-corrected chi connectivity index (χ3v) is 6.58. The molecule has 0 N–H and O–H groups in total. The number of likely N-dealkylation sites (tertiary alicyclic amines) is 1. The van der Waals surface area contributed by atoms with Gasteiger partial charge >= 0.3 is 0 Å². The molecule has 168 valence electrons. The Morgan fingerprint density at radius 3 is 1.91 bits per heavy atom. The Morgan fingerprint density at radius 2 is 1.38 bits per heavy atom. The molecule has 1 saturated heterocycles. The fourth-order valence-corrected chi connectivity index (χ4v) is 4.98. The van der Waals surface area contributed by atoms with Crippen molar-refractivity contribution in [2.45, 2.75) is 53.4 Å². The first-order valence-electron chi connectivity index (χ1n) is 11.6. The first kappa shape index (κ1) is 22.3. The number of rotatable bonds is 3. The number of imide groups is 1. The van der Waals surface area contributed by atoms with Crippen molar-refractivity contribution in [2.24, 2.45) is 11.8 Å². The Kier molecular flexibility index (Phi) is 5.74. The van der Waals surface area contributed by atoms with Crippen molar-refractivity contribution in [3.05, 3.63) is 70.9 Å². The summed E-state index contributed by atoms with van der Waals surface area (Å²) in [6, 6.07) is 15.7. The third-order valence-electron chi connectivity index (χ3n) is 6.58. The largest absolute Gasteiger partial charge is 0.366 e. The second kappa shape index (κ2) is 8.23. The van der Waals surface area contributed by atoms with Crippen molar-refractivity contribution in [1.82, 2.24) is 4.90 Å². The quantitative estimate of drug-likeness (QED) is 0.599. The van der Waals surface area contributed by atoms with Crippen LogP contribution in [0.25, 0.3) is 5.57 Å². The number of nitrogens with zero attached hydrogens (tertiary/aromatic N) is 2. The summed E-state index contributed by atoms with van der Waals surface area (Å²) in [7, 11) is 0. The van der Waals surface area contributed by atoms with E-state index in [1.807, 2.05) is 55.5 Å². The van der Waals surface area contributed by atoms with Gasteiger partial charge in [-0.3, -0.25) is 9.59 Å². The summed E-state index contributed by atoms with van der Waals surface area (Å²) in [5, 5.41) is 0. The molecule has 2 aromatic carbocycles. The lowest BCUT2D eigenvalue weighted by Gasteiger charge is -2.37. The van der Waals surface area contributed by atoms with Gasteiger partial charge in [0.25, 0.3) is 11.8 Å². The molecule has 2 aliphatic heterocycles. The molecule has 4 heteroatoms. The number of carbonyl (C=O) groups is 2. The molecular formula is C28H34N2O2. The minimum absolute atomic E-state index is 0.00804. The van der Waals surface area contributed by atoms with E-state index in [1.54, 1.807) is 0 Å². The molecule has 0 saturated carbocycles. The lowest BCUT2D eigenvalue weighted by Crippen LogP contribution is -2.42. The molecule has 0 aromatic heterocycles. The number of hydrogen-bond acceptors (Lipinski definition) is 3. The van der Waals surface area contributed by atoms with Crippen molar-refractivity contribution in [2.75, 3.05) is 18.0 Å². The topological polar surface area (TPSA) is 40.6 Å². The van der Waals surface area contributed by atoms with E-state index in [2.05, 4.69) is 39.5 Å². The molecular weight excluding hydrogens is 396 g/mol. The molecule has 2 amide bonds. The maximum Gasteiger partial charge on any atom is 0.282 e. The molecule has 4 nitrogen and oxygen atoms in total. The summed E-state index contributed by atoms with van der Waals surface area (Å²) >= 11 is 0. The predicted octanol–water partition coefficient (Wildman–Crippen LogP) is 5.55. The van der Waals surface area contributed by atoms with Gasteiger partial charge in [-0.15, -0.1) is 0 Å². The summed E-state index contributed by atoms with van der Waals surface area (Å²) in [5.74, 6) is 0.515. The highest BCUT2D eigenvalue weighted by Crippen LogP contribution is 2.37. The van der Waals surface area contributed by atoms with Gasteiger partial charge in [-0.05, 0) is 53.9 Å². The number of amides is 2.